The molecular formula is C13H22O. The van der Waals surface area contributed by atoms with E-state index in [0.29, 0.717) is 0 Å². The minimum absolute atomic E-state index is 0.726. The fraction of sp³-hybridized carbons (Fsp3) is 0.385. The smallest absolute Gasteiger partial charge is 0.0844 e. The van der Waals surface area contributed by atoms with Gasteiger partial charge in [0.1, 0.15) is 0 Å². The summed E-state index contributed by atoms with van der Waals surface area (Å²) in [6.07, 6.45) is 7.57. The van der Waals surface area contributed by atoms with Crippen molar-refractivity contribution in [3.63, 3.8) is 0 Å². The van der Waals surface area contributed by atoms with Crippen LogP contribution in [0.2, 0.25) is 0 Å². The Hall–Kier alpha value is -1.24. The van der Waals surface area contributed by atoms with Crippen LogP contribution < -0.4 is 0 Å². The van der Waals surface area contributed by atoms with E-state index in [0.717, 1.165) is 12.2 Å². The van der Waals surface area contributed by atoms with E-state index in [9.17, 15) is 0 Å². The van der Waals surface area contributed by atoms with E-state index in [1.54, 1.807) is 0 Å². The third-order valence-electron chi connectivity index (χ3n) is 1.37. The average molecular weight is 194 g/mol. The summed E-state index contributed by atoms with van der Waals surface area (Å²) >= 11 is 0. The van der Waals surface area contributed by atoms with Crippen LogP contribution in [-0.2, 0) is 4.74 Å². The van der Waals surface area contributed by atoms with Crippen LogP contribution in [0.25, 0.3) is 0 Å². The van der Waals surface area contributed by atoms with Gasteiger partial charge in [-0.25, -0.2) is 0 Å². The first-order valence-corrected chi connectivity index (χ1v) is 4.77. The van der Waals surface area contributed by atoms with Crippen LogP contribution in [0.5, 0.6) is 0 Å². The lowest BCUT2D eigenvalue weighted by molar-refractivity contribution is 0.270. The van der Waals surface area contributed by atoms with Gasteiger partial charge in [-0.05, 0) is 27.7 Å². The highest BCUT2D eigenvalue weighted by molar-refractivity contribution is 5.22. The molecule has 0 aromatic rings. The zero-order valence-corrected chi connectivity index (χ0v) is 9.84. The van der Waals surface area contributed by atoms with Crippen molar-refractivity contribution in [3.8, 4) is 0 Å². The molecule has 0 saturated carbocycles. The first-order valence-electron chi connectivity index (χ1n) is 4.77. The average Bonchev–Trinajstić information content (AvgIpc) is 2.16. The Kier molecular flexibility index (Phi) is 12.8. The first-order chi connectivity index (χ1) is 6.58. The Labute approximate surface area is 88.5 Å². The second-order valence-corrected chi connectivity index (χ2v) is 2.83. The monoisotopic (exact) mass is 194 g/mol. The highest BCUT2D eigenvalue weighted by Crippen LogP contribution is 1.97. The molecule has 0 saturated heterocycles. The highest BCUT2D eigenvalue weighted by atomic mass is 16.5. The Bertz CT molecular complexity index is 209. The number of hydrogen-bond donors (Lipinski definition) is 0. The second-order valence-electron chi connectivity index (χ2n) is 2.83. The van der Waals surface area contributed by atoms with Gasteiger partial charge in [-0.2, -0.15) is 0 Å². The van der Waals surface area contributed by atoms with Crippen molar-refractivity contribution in [1.29, 1.82) is 0 Å². The van der Waals surface area contributed by atoms with Crippen molar-refractivity contribution in [2.75, 3.05) is 6.61 Å². The zero-order valence-electron chi connectivity index (χ0n) is 9.84. The van der Waals surface area contributed by atoms with E-state index in [1.807, 2.05) is 26.8 Å². The molecule has 0 unspecified atom stereocenters. The molecule has 14 heavy (non-hydrogen) atoms. The van der Waals surface area contributed by atoms with Gasteiger partial charge in [0.05, 0.1) is 12.9 Å². The van der Waals surface area contributed by atoms with Gasteiger partial charge in [0, 0.05) is 0 Å². The summed E-state index contributed by atoms with van der Waals surface area (Å²) in [4.78, 5) is 0. The van der Waals surface area contributed by atoms with Crippen molar-refractivity contribution >= 4 is 0 Å². The Morgan fingerprint density at radius 3 is 2.07 bits per heavy atom. The molecule has 0 atom stereocenters. The minimum atomic E-state index is 0.726. The van der Waals surface area contributed by atoms with Crippen molar-refractivity contribution in [3.05, 3.63) is 48.8 Å². The quantitative estimate of drug-likeness (QED) is 0.480. The summed E-state index contributed by atoms with van der Waals surface area (Å²) in [6.45, 7) is 15.8. The minimum Gasteiger partial charge on any atom is -0.502 e. The SMILES string of the molecule is C=C(C)/C=C\C(C)=C/C.C=COCC. The third kappa shape index (κ3) is 17.0. The van der Waals surface area contributed by atoms with Gasteiger partial charge in [0.2, 0.25) is 0 Å². The normalized spacial score (nSPS) is 10.4. The van der Waals surface area contributed by atoms with Crippen molar-refractivity contribution in [2.45, 2.75) is 27.7 Å². The Morgan fingerprint density at radius 2 is 1.86 bits per heavy atom. The maximum absolute atomic E-state index is 4.60. The molecule has 0 heterocycles. The van der Waals surface area contributed by atoms with Crippen LogP contribution in [0, 0.1) is 0 Å². The number of ether oxygens (including phenoxy) is 1. The lowest BCUT2D eigenvalue weighted by Gasteiger charge is -1.86. The molecule has 0 aliphatic heterocycles. The topological polar surface area (TPSA) is 9.23 Å². The molecule has 0 spiro atoms. The molecule has 0 N–H and O–H groups in total. The standard InChI is InChI=1S/C9H14.C4H8O/c1-5-9(4)7-6-8(2)3;1-3-5-4-2/h5-7H,2H2,1,3-4H3;3H,1,4H2,2H3/b7-6-,9-5-;. The van der Waals surface area contributed by atoms with Crippen LogP contribution in [-0.4, -0.2) is 6.61 Å². The summed E-state index contributed by atoms with van der Waals surface area (Å²) in [5.41, 5.74) is 2.37. The number of hydrogen-bond acceptors (Lipinski definition) is 1. The van der Waals surface area contributed by atoms with Crippen LogP contribution in [0.15, 0.2) is 48.8 Å². The molecule has 0 aliphatic carbocycles. The number of rotatable bonds is 4. The molecule has 0 aromatic carbocycles. The van der Waals surface area contributed by atoms with Gasteiger partial charge in [-0.1, -0.05) is 42.5 Å². The molecule has 0 radical (unpaired) electrons. The summed E-state index contributed by atoms with van der Waals surface area (Å²) in [7, 11) is 0. The van der Waals surface area contributed by atoms with E-state index in [4.69, 9.17) is 0 Å². The summed E-state index contributed by atoms with van der Waals surface area (Å²) < 4.78 is 4.60. The van der Waals surface area contributed by atoms with E-state index < -0.39 is 0 Å². The molecule has 1 nitrogen and oxygen atoms in total. The molecule has 0 amide bonds. The van der Waals surface area contributed by atoms with Crippen molar-refractivity contribution in [1.82, 2.24) is 0 Å². The van der Waals surface area contributed by atoms with E-state index in [2.05, 4.69) is 37.0 Å². The van der Waals surface area contributed by atoms with Crippen LogP contribution in [0.1, 0.15) is 27.7 Å². The Morgan fingerprint density at radius 1 is 1.29 bits per heavy atom. The van der Waals surface area contributed by atoms with Gasteiger partial charge < -0.3 is 4.74 Å². The molecule has 80 valence electrons. The molecule has 0 aliphatic rings. The number of allylic oxidation sites excluding steroid dienone is 5. The zero-order chi connectivity index (χ0) is 11.4. The first kappa shape index (κ1) is 15.2. The maximum atomic E-state index is 4.60. The molecule has 1 heteroatoms. The van der Waals surface area contributed by atoms with Crippen LogP contribution >= 0.6 is 0 Å². The van der Waals surface area contributed by atoms with E-state index in [1.165, 1.54) is 11.8 Å². The van der Waals surface area contributed by atoms with Gasteiger partial charge in [-0.3, -0.25) is 0 Å². The Balaban J connectivity index is 0. The van der Waals surface area contributed by atoms with Crippen LogP contribution in [0.3, 0.4) is 0 Å². The summed E-state index contributed by atoms with van der Waals surface area (Å²) in [5, 5.41) is 0. The van der Waals surface area contributed by atoms with Crippen molar-refractivity contribution < 1.29 is 4.74 Å². The van der Waals surface area contributed by atoms with E-state index >= 15 is 0 Å². The van der Waals surface area contributed by atoms with Gasteiger partial charge in [0.15, 0.2) is 0 Å². The lowest BCUT2D eigenvalue weighted by Crippen LogP contribution is -1.72. The predicted molar refractivity (Wildman–Crippen MR) is 65.2 cm³/mol. The summed E-state index contributed by atoms with van der Waals surface area (Å²) in [5.74, 6) is 0. The van der Waals surface area contributed by atoms with E-state index in [-0.39, 0.29) is 0 Å². The fourth-order valence-electron chi connectivity index (χ4n) is 0.488. The molecule has 0 rings (SSSR count). The molecular weight excluding hydrogens is 172 g/mol. The van der Waals surface area contributed by atoms with Crippen LogP contribution in [0.4, 0.5) is 0 Å². The molecule has 0 fully saturated rings. The maximum Gasteiger partial charge on any atom is 0.0844 e. The van der Waals surface area contributed by atoms with Crippen molar-refractivity contribution in [2.24, 2.45) is 0 Å². The highest BCUT2D eigenvalue weighted by Gasteiger charge is 1.75. The molecule has 0 bridgehead atoms. The fourth-order valence-corrected chi connectivity index (χ4v) is 0.488. The third-order valence-corrected chi connectivity index (χ3v) is 1.37. The van der Waals surface area contributed by atoms with Gasteiger partial charge >= 0.3 is 0 Å². The van der Waals surface area contributed by atoms with Gasteiger partial charge in [-0.15, -0.1) is 0 Å². The van der Waals surface area contributed by atoms with Gasteiger partial charge in [0.25, 0.3) is 0 Å². The largest absolute Gasteiger partial charge is 0.502 e. The summed E-state index contributed by atoms with van der Waals surface area (Å²) in [6, 6.07) is 0. The lowest BCUT2D eigenvalue weighted by atomic mass is 10.2. The molecule has 0 aromatic heterocycles. The second kappa shape index (κ2) is 11.8. The predicted octanol–water partition coefficient (Wildman–Crippen LogP) is 4.25.